The lowest BCUT2D eigenvalue weighted by molar-refractivity contribution is 0.986. The van der Waals surface area contributed by atoms with Crippen LogP contribution < -0.4 is 5.43 Å². The van der Waals surface area contributed by atoms with Crippen molar-refractivity contribution < 1.29 is 0 Å². The van der Waals surface area contributed by atoms with Crippen LogP contribution in [0.1, 0.15) is 25.3 Å². The van der Waals surface area contributed by atoms with Gasteiger partial charge in [-0.1, -0.05) is 78.5 Å². The number of anilines is 1. The molecule has 0 radical (unpaired) electrons. The number of aromatic nitrogens is 1. The minimum Gasteiger partial charge on any atom is -0.260 e. The Labute approximate surface area is 138 Å². The van der Waals surface area contributed by atoms with Gasteiger partial charge in [0.2, 0.25) is 0 Å². The van der Waals surface area contributed by atoms with Gasteiger partial charge in [0.15, 0.2) is 5.82 Å². The molecule has 0 saturated heterocycles. The predicted octanol–water partition coefficient (Wildman–Crippen LogP) is 5.66. The van der Waals surface area contributed by atoms with Crippen LogP contribution in [0.5, 0.6) is 0 Å². The SMILES string of the molecule is CCC/C(=N/Nc1nc(Cl)c(Cl)cc1Cl)c1ccccc1. The summed E-state index contributed by atoms with van der Waals surface area (Å²) in [6.45, 7) is 2.10. The Hall–Kier alpha value is -1.29. The van der Waals surface area contributed by atoms with E-state index in [0.29, 0.717) is 15.9 Å². The highest BCUT2D eigenvalue weighted by Crippen LogP contribution is 2.28. The fraction of sp³-hybridized carbons (Fsp3) is 0.200. The Bertz CT molecular complexity index is 642. The van der Waals surface area contributed by atoms with Crippen LogP contribution in [0.25, 0.3) is 0 Å². The molecule has 1 aromatic carbocycles. The Morgan fingerprint density at radius 3 is 2.52 bits per heavy atom. The van der Waals surface area contributed by atoms with Crippen LogP contribution >= 0.6 is 34.8 Å². The van der Waals surface area contributed by atoms with Gasteiger partial charge in [-0.15, -0.1) is 0 Å². The molecule has 2 aromatic rings. The van der Waals surface area contributed by atoms with E-state index in [2.05, 4.69) is 22.4 Å². The molecule has 0 unspecified atom stereocenters. The molecule has 0 aliphatic heterocycles. The average molecular weight is 343 g/mol. The van der Waals surface area contributed by atoms with Gasteiger partial charge in [-0.2, -0.15) is 5.10 Å². The van der Waals surface area contributed by atoms with Gasteiger partial charge in [-0.05, 0) is 18.1 Å². The molecule has 0 atom stereocenters. The first-order valence-electron chi connectivity index (χ1n) is 6.51. The van der Waals surface area contributed by atoms with Crippen molar-refractivity contribution >= 4 is 46.3 Å². The summed E-state index contributed by atoms with van der Waals surface area (Å²) in [5.74, 6) is 0.385. The summed E-state index contributed by atoms with van der Waals surface area (Å²) in [7, 11) is 0. The second-order valence-electron chi connectivity index (χ2n) is 4.38. The fourth-order valence-corrected chi connectivity index (χ4v) is 2.32. The van der Waals surface area contributed by atoms with Crippen LogP contribution in [-0.4, -0.2) is 10.7 Å². The van der Waals surface area contributed by atoms with Gasteiger partial charge in [0.05, 0.1) is 15.8 Å². The molecular formula is C15H14Cl3N3. The fourth-order valence-electron chi connectivity index (χ4n) is 1.78. The van der Waals surface area contributed by atoms with Crippen LogP contribution in [-0.2, 0) is 0 Å². The number of nitrogens with zero attached hydrogens (tertiary/aromatic N) is 2. The van der Waals surface area contributed by atoms with Crippen molar-refractivity contribution in [3.8, 4) is 0 Å². The Morgan fingerprint density at radius 1 is 1.14 bits per heavy atom. The highest BCUT2D eigenvalue weighted by molar-refractivity contribution is 6.42. The molecule has 1 heterocycles. The minimum atomic E-state index is 0.190. The van der Waals surface area contributed by atoms with Gasteiger partial charge in [0, 0.05) is 0 Å². The van der Waals surface area contributed by atoms with E-state index >= 15 is 0 Å². The summed E-state index contributed by atoms with van der Waals surface area (Å²) in [6, 6.07) is 11.5. The maximum atomic E-state index is 6.07. The van der Waals surface area contributed by atoms with E-state index in [9.17, 15) is 0 Å². The number of hydrazone groups is 1. The van der Waals surface area contributed by atoms with Crippen molar-refractivity contribution in [2.75, 3.05) is 5.43 Å². The summed E-state index contributed by atoms with van der Waals surface area (Å²) in [6.07, 6.45) is 1.83. The Kier molecular flexibility index (Phi) is 5.85. The third-order valence-corrected chi connectivity index (χ3v) is 3.74. The number of halogens is 3. The maximum Gasteiger partial charge on any atom is 0.166 e. The molecular weight excluding hydrogens is 329 g/mol. The molecule has 2 rings (SSSR count). The average Bonchev–Trinajstić information content (AvgIpc) is 2.49. The standard InChI is InChI=1S/C15H14Cl3N3/c1-2-6-13(10-7-4-3-5-8-10)20-21-15-12(17)9-11(16)14(18)19-15/h3-5,7-9H,2,6H2,1H3,(H,19,21)/b20-13-. The maximum absolute atomic E-state index is 6.07. The molecule has 0 spiro atoms. The molecule has 6 heteroatoms. The number of hydrogen-bond donors (Lipinski definition) is 1. The van der Waals surface area contributed by atoms with E-state index in [4.69, 9.17) is 34.8 Å². The molecule has 0 fully saturated rings. The quantitative estimate of drug-likeness (QED) is 0.432. The van der Waals surface area contributed by atoms with Crippen molar-refractivity contribution in [1.82, 2.24) is 4.98 Å². The van der Waals surface area contributed by atoms with Gasteiger partial charge in [0.1, 0.15) is 5.15 Å². The molecule has 21 heavy (non-hydrogen) atoms. The van der Waals surface area contributed by atoms with Crippen LogP contribution in [0, 0.1) is 0 Å². The number of benzene rings is 1. The van der Waals surface area contributed by atoms with Crippen LogP contribution in [0.4, 0.5) is 5.82 Å². The van der Waals surface area contributed by atoms with Crippen LogP contribution in [0.2, 0.25) is 15.2 Å². The van der Waals surface area contributed by atoms with Crippen molar-refractivity contribution in [3.05, 3.63) is 57.2 Å². The highest BCUT2D eigenvalue weighted by atomic mass is 35.5. The monoisotopic (exact) mass is 341 g/mol. The lowest BCUT2D eigenvalue weighted by atomic mass is 10.1. The zero-order valence-electron chi connectivity index (χ0n) is 11.4. The number of rotatable bonds is 5. The number of nitrogens with one attached hydrogen (secondary N) is 1. The summed E-state index contributed by atoms with van der Waals surface area (Å²) in [5, 5.41) is 5.28. The zero-order chi connectivity index (χ0) is 15.2. The number of hydrogen-bond acceptors (Lipinski definition) is 3. The van der Waals surface area contributed by atoms with E-state index in [-0.39, 0.29) is 5.15 Å². The molecule has 0 bridgehead atoms. The Morgan fingerprint density at radius 2 is 1.86 bits per heavy atom. The minimum absolute atomic E-state index is 0.190. The van der Waals surface area contributed by atoms with Crippen LogP contribution in [0.15, 0.2) is 41.5 Å². The third kappa shape index (κ3) is 4.34. The summed E-state index contributed by atoms with van der Waals surface area (Å²) in [5.41, 5.74) is 4.86. The molecule has 3 nitrogen and oxygen atoms in total. The summed E-state index contributed by atoms with van der Waals surface area (Å²) >= 11 is 17.8. The first kappa shape index (κ1) is 16.1. The number of pyridine rings is 1. The zero-order valence-corrected chi connectivity index (χ0v) is 13.7. The molecule has 0 saturated carbocycles. The van der Waals surface area contributed by atoms with Gasteiger partial charge in [0.25, 0.3) is 0 Å². The molecule has 1 N–H and O–H groups in total. The van der Waals surface area contributed by atoms with Gasteiger partial charge in [-0.25, -0.2) is 4.98 Å². The van der Waals surface area contributed by atoms with E-state index in [1.165, 1.54) is 6.07 Å². The molecule has 110 valence electrons. The Balaban J connectivity index is 2.26. The normalized spacial score (nSPS) is 11.5. The van der Waals surface area contributed by atoms with Crippen molar-refractivity contribution in [2.24, 2.45) is 5.10 Å². The van der Waals surface area contributed by atoms with Crippen molar-refractivity contribution in [3.63, 3.8) is 0 Å². The van der Waals surface area contributed by atoms with E-state index in [0.717, 1.165) is 24.1 Å². The van der Waals surface area contributed by atoms with Gasteiger partial charge < -0.3 is 0 Å². The highest BCUT2D eigenvalue weighted by Gasteiger charge is 2.08. The smallest absolute Gasteiger partial charge is 0.166 e. The predicted molar refractivity (Wildman–Crippen MR) is 90.8 cm³/mol. The van der Waals surface area contributed by atoms with Gasteiger partial charge in [-0.3, -0.25) is 5.43 Å². The van der Waals surface area contributed by atoms with Gasteiger partial charge >= 0.3 is 0 Å². The molecule has 1 aromatic heterocycles. The third-order valence-electron chi connectivity index (χ3n) is 2.78. The second kappa shape index (κ2) is 7.64. The largest absolute Gasteiger partial charge is 0.260 e. The molecule has 0 aliphatic rings. The molecule has 0 aliphatic carbocycles. The van der Waals surface area contributed by atoms with Crippen molar-refractivity contribution in [2.45, 2.75) is 19.8 Å². The lowest BCUT2D eigenvalue weighted by Gasteiger charge is -2.08. The summed E-state index contributed by atoms with van der Waals surface area (Å²) < 4.78 is 0. The first-order valence-corrected chi connectivity index (χ1v) is 7.64. The molecule has 0 amide bonds. The summed E-state index contributed by atoms with van der Waals surface area (Å²) in [4.78, 5) is 4.08. The topological polar surface area (TPSA) is 37.3 Å². The van der Waals surface area contributed by atoms with Crippen molar-refractivity contribution in [1.29, 1.82) is 0 Å². The van der Waals surface area contributed by atoms with E-state index < -0.39 is 0 Å². The van der Waals surface area contributed by atoms with Crippen LogP contribution in [0.3, 0.4) is 0 Å². The lowest BCUT2D eigenvalue weighted by Crippen LogP contribution is -2.05. The van der Waals surface area contributed by atoms with E-state index in [1.54, 1.807) is 0 Å². The second-order valence-corrected chi connectivity index (χ2v) is 5.55. The first-order chi connectivity index (χ1) is 10.1. The van der Waals surface area contributed by atoms with E-state index in [1.807, 2.05) is 30.3 Å².